The normalized spacial score (nSPS) is 17.2. The Bertz CT molecular complexity index is 953. The largest absolute Gasteiger partial charge is 0.338 e. The van der Waals surface area contributed by atoms with Crippen LogP contribution < -0.4 is 0 Å². The molecule has 160 valence electrons. The van der Waals surface area contributed by atoms with Gasteiger partial charge < -0.3 is 14.7 Å². The number of carbonyl (C=O) groups excluding carboxylic acids is 2. The fraction of sp³-hybridized carbons (Fsp3) is 0.476. The minimum Gasteiger partial charge on any atom is -0.338 e. The molecule has 0 saturated carbocycles. The second-order valence-corrected chi connectivity index (χ2v) is 7.73. The number of nitrogens with zero attached hydrogens (tertiary/aromatic N) is 4. The molecule has 0 atom stereocenters. The van der Waals surface area contributed by atoms with Gasteiger partial charge in [-0.2, -0.15) is 5.10 Å². The maximum atomic E-state index is 13.9. The van der Waals surface area contributed by atoms with Gasteiger partial charge in [0.2, 0.25) is 5.91 Å². The van der Waals surface area contributed by atoms with E-state index in [9.17, 15) is 18.4 Å². The van der Waals surface area contributed by atoms with Gasteiger partial charge in [0.1, 0.15) is 11.6 Å². The molecule has 0 aliphatic carbocycles. The fourth-order valence-corrected chi connectivity index (χ4v) is 4.04. The number of benzene rings is 1. The summed E-state index contributed by atoms with van der Waals surface area (Å²) in [6.07, 6.45) is 0.401. The van der Waals surface area contributed by atoms with E-state index in [1.807, 2.05) is 0 Å². The maximum absolute atomic E-state index is 13.9. The number of halogens is 2. The number of H-pyrrole nitrogens is 1. The first kappa shape index (κ1) is 20.5. The molecule has 2 aromatic rings. The number of carbonyl (C=O) groups is 2. The highest BCUT2D eigenvalue weighted by molar-refractivity contribution is 5.94. The predicted octanol–water partition coefficient (Wildman–Crippen LogP) is 1.59. The molecule has 30 heavy (non-hydrogen) atoms. The van der Waals surface area contributed by atoms with Crippen molar-refractivity contribution in [1.82, 2.24) is 24.9 Å². The Morgan fingerprint density at radius 3 is 2.57 bits per heavy atom. The van der Waals surface area contributed by atoms with Crippen molar-refractivity contribution >= 4 is 11.8 Å². The van der Waals surface area contributed by atoms with Crippen LogP contribution in [0.4, 0.5) is 8.78 Å². The average Bonchev–Trinajstić information content (AvgIpc) is 3.18. The van der Waals surface area contributed by atoms with Gasteiger partial charge in [-0.05, 0) is 18.2 Å². The number of rotatable bonds is 4. The summed E-state index contributed by atoms with van der Waals surface area (Å²) in [5, 5.41) is 7.19. The highest BCUT2D eigenvalue weighted by Gasteiger charge is 2.31. The Kier molecular flexibility index (Phi) is 5.80. The van der Waals surface area contributed by atoms with Gasteiger partial charge in [-0.25, -0.2) is 8.78 Å². The van der Waals surface area contributed by atoms with Crippen molar-refractivity contribution in [1.29, 1.82) is 0 Å². The quantitative estimate of drug-likeness (QED) is 0.820. The van der Waals surface area contributed by atoms with Crippen LogP contribution in [0.15, 0.2) is 18.2 Å². The Labute approximate surface area is 173 Å². The Morgan fingerprint density at radius 2 is 1.87 bits per heavy atom. The highest BCUT2D eigenvalue weighted by Crippen LogP contribution is 2.23. The summed E-state index contributed by atoms with van der Waals surface area (Å²) in [6.45, 7) is 6.76. The van der Waals surface area contributed by atoms with Crippen molar-refractivity contribution in [3.8, 4) is 0 Å². The molecule has 2 aliphatic rings. The van der Waals surface area contributed by atoms with Gasteiger partial charge >= 0.3 is 0 Å². The van der Waals surface area contributed by atoms with E-state index in [2.05, 4.69) is 22.0 Å². The molecule has 1 N–H and O–H groups in total. The summed E-state index contributed by atoms with van der Waals surface area (Å²) in [4.78, 5) is 31.4. The van der Waals surface area contributed by atoms with Crippen molar-refractivity contribution in [2.45, 2.75) is 26.3 Å². The molecule has 0 spiro atoms. The first-order valence-corrected chi connectivity index (χ1v) is 10.3. The number of hydrogen-bond acceptors (Lipinski definition) is 4. The molecule has 1 fully saturated rings. The lowest BCUT2D eigenvalue weighted by molar-refractivity contribution is -0.131. The molecule has 9 heteroatoms. The van der Waals surface area contributed by atoms with Gasteiger partial charge in [-0.15, -0.1) is 0 Å². The minimum atomic E-state index is -0.730. The van der Waals surface area contributed by atoms with Crippen LogP contribution >= 0.6 is 0 Å². The minimum absolute atomic E-state index is 0.123. The molecule has 1 aromatic carbocycles. The van der Waals surface area contributed by atoms with E-state index in [4.69, 9.17) is 0 Å². The molecule has 2 amide bonds. The van der Waals surface area contributed by atoms with Gasteiger partial charge in [0.05, 0.1) is 6.42 Å². The van der Waals surface area contributed by atoms with E-state index in [0.29, 0.717) is 31.7 Å². The van der Waals surface area contributed by atoms with Gasteiger partial charge in [-0.3, -0.25) is 14.7 Å². The molecule has 0 radical (unpaired) electrons. The Morgan fingerprint density at radius 1 is 1.10 bits per heavy atom. The van der Waals surface area contributed by atoms with Gasteiger partial charge in [0.15, 0.2) is 5.69 Å². The molecule has 3 heterocycles. The maximum Gasteiger partial charge on any atom is 0.274 e. The summed E-state index contributed by atoms with van der Waals surface area (Å²) in [5.74, 6) is -1.79. The van der Waals surface area contributed by atoms with Crippen LogP contribution in [-0.2, 0) is 24.2 Å². The smallest absolute Gasteiger partial charge is 0.274 e. The van der Waals surface area contributed by atoms with E-state index in [0.717, 1.165) is 43.0 Å². The number of amides is 2. The zero-order valence-corrected chi connectivity index (χ0v) is 17.0. The van der Waals surface area contributed by atoms with Gasteiger partial charge in [0.25, 0.3) is 5.91 Å². The lowest BCUT2D eigenvalue weighted by Crippen LogP contribution is -2.48. The molecule has 2 aliphatic heterocycles. The van der Waals surface area contributed by atoms with E-state index >= 15 is 0 Å². The van der Waals surface area contributed by atoms with E-state index in [1.54, 1.807) is 9.80 Å². The van der Waals surface area contributed by atoms with E-state index < -0.39 is 11.6 Å². The van der Waals surface area contributed by atoms with Crippen LogP contribution in [0.1, 0.15) is 34.2 Å². The van der Waals surface area contributed by atoms with Crippen molar-refractivity contribution < 1.29 is 18.4 Å². The topological polar surface area (TPSA) is 72.5 Å². The molecule has 0 unspecified atom stereocenters. The lowest BCUT2D eigenvalue weighted by Gasteiger charge is -2.34. The van der Waals surface area contributed by atoms with Crippen LogP contribution in [-0.4, -0.2) is 76.0 Å². The number of piperazine rings is 1. The second kappa shape index (κ2) is 8.51. The summed E-state index contributed by atoms with van der Waals surface area (Å²) in [6, 6.07) is 3.22. The van der Waals surface area contributed by atoms with E-state index in [1.165, 1.54) is 6.07 Å². The SMILES string of the molecule is CCN1CCN(C(=O)c2n[nH]c3c2CN(C(=O)Cc2ccc(F)cc2F)CC3)CC1. The third kappa shape index (κ3) is 4.07. The Hall–Kier alpha value is -2.81. The van der Waals surface area contributed by atoms with E-state index in [-0.39, 0.29) is 30.3 Å². The standard InChI is InChI=1S/C21H25F2N5O2/c1-2-26-7-9-27(10-8-26)21(30)20-16-13-28(6-5-18(16)24-25-20)19(29)11-14-3-4-15(22)12-17(14)23/h3-4,12H,2,5-11,13H2,1H3,(H,24,25). The van der Waals surface area contributed by atoms with Crippen LogP contribution in [0.25, 0.3) is 0 Å². The lowest BCUT2D eigenvalue weighted by atomic mass is 10.0. The number of likely N-dealkylation sites (N-methyl/N-ethyl adjacent to an activating group) is 1. The summed E-state index contributed by atoms with van der Waals surface area (Å²) in [7, 11) is 0. The van der Waals surface area contributed by atoms with Crippen LogP contribution in [0.3, 0.4) is 0 Å². The van der Waals surface area contributed by atoms with Crippen molar-refractivity contribution in [3.05, 3.63) is 52.3 Å². The number of fused-ring (bicyclic) bond motifs is 1. The number of aromatic amines is 1. The molecule has 7 nitrogen and oxygen atoms in total. The molecule has 4 rings (SSSR count). The molecule has 0 bridgehead atoms. The zero-order chi connectivity index (χ0) is 21.3. The number of nitrogens with one attached hydrogen (secondary N) is 1. The molecular formula is C21H25F2N5O2. The summed E-state index contributed by atoms with van der Waals surface area (Å²) >= 11 is 0. The van der Waals surface area contributed by atoms with Crippen LogP contribution in [0.2, 0.25) is 0 Å². The fourth-order valence-electron chi connectivity index (χ4n) is 4.04. The van der Waals surface area contributed by atoms with Crippen LogP contribution in [0, 0.1) is 11.6 Å². The molecule has 1 saturated heterocycles. The van der Waals surface area contributed by atoms with Crippen molar-refractivity contribution in [2.75, 3.05) is 39.3 Å². The predicted molar refractivity (Wildman–Crippen MR) is 106 cm³/mol. The summed E-state index contributed by atoms with van der Waals surface area (Å²) < 4.78 is 27.0. The van der Waals surface area contributed by atoms with Crippen molar-refractivity contribution in [2.24, 2.45) is 0 Å². The van der Waals surface area contributed by atoms with Crippen LogP contribution in [0.5, 0.6) is 0 Å². The first-order chi connectivity index (χ1) is 14.5. The number of aromatic nitrogens is 2. The third-order valence-corrected chi connectivity index (χ3v) is 5.95. The monoisotopic (exact) mass is 417 g/mol. The summed E-state index contributed by atoms with van der Waals surface area (Å²) in [5.41, 5.74) is 2.12. The zero-order valence-electron chi connectivity index (χ0n) is 17.0. The first-order valence-electron chi connectivity index (χ1n) is 10.3. The third-order valence-electron chi connectivity index (χ3n) is 5.95. The second-order valence-electron chi connectivity index (χ2n) is 7.73. The molecular weight excluding hydrogens is 392 g/mol. The average molecular weight is 417 g/mol. The number of hydrogen-bond donors (Lipinski definition) is 1. The van der Waals surface area contributed by atoms with Crippen molar-refractivity contribution in [3.63, 3.8) is 0 Å². The highest BCUT2D eigenvalue weighted by atomic mass is 19.1. The van der Waals surface area contributed by atoms with Gasteiger partial charge in [0, 0.05) is 63.0 Å². The molecule has 1 aromatic heterocycles. The Balaban J connectivity index is 1.45. The van der Waals surface area contributed by atoms with Gasteiger partial charge in [-0.1, -0.05) is 13.0 Å².